The number of hydrogen-bond donors (Lipinski definition) is 1. The van der Waals surface area contributed by atoms with Gasteiger partial charge >= 0.3 is 5.97 Å². The molecule has 0 bridgehead atoms. The summed E-state index contributed by atoms with van der Waals surface area (Å²) >= 11 is 0. The minimum atomic E-state index is -0.552. The first-order chi connectivity index (χ1) is 18.4. The Kier molecular flexibility index (Phi) is 7.49. The van der Waals surface area contributed by atoms with Crippen LogP contribution in [0.4, 0.5) is 14.5 Å². The maximum Gasteiger partial charge on any atom is 0.308 e. The number of nitrogens with zero attached hydrogens (tertiary/aromatic N) is 3. The van der Waals surface area contributed by atoms with E-state index >= 15 is 4.39 Å². The van der Waals surface area contributed by atoms with E-state index in [0.717, 1.165) is 6.42 Å². The van der Waals surface area contributed by atoms with Crippen LogP contribution in [-0.4, -0.2) is 47.8 Å². The van der Waals surface area contributed by atoms with E-state index < -0.39 is 11.7 Å². The lowest BCUT2D eigenvalue weighted by Crippen LogP contribution is -2.39. The number of amides is 1. The van der Waals surface area contributed by atoms with Crippen molar-refractivity contribution < 1.29 is 27.8 Å². The van der Waals surface area contributed by atoms with E-state index in [2.05, 4.69) is 10.4 Å². The molecule has 1 unspecified atom stereocenters. The molecule has 5 rings (SSSR count). The van der Waals surface area contributed by atoms with Crippen LogP contribution in [0, 0.1) is 17.6 Å². The Balaban J connectivity index is 1.37. The first kappa shape index (κ1) is 25.9. The van der Waals surface area contributed by atoms with Crippen molar-refractivity contribution in [2.24, 2.45) is 5.92 Å². The van der Waals surface area contributed by atoms with Crippen molar-refractivity contribution in [1.82, 2.24) is 14.9 Å². The molecule has 202 valence electrons. The molecule has 2 fully saturated rings. The fourth-order valence-corrected chi connectivity index (χ4v) is 5.76. The van der Waals surface area contributed by atoms with Crippen LogP contribution in [0.1, 0.15) is 67.4 Å². The molecule has 3 aromatic rings. The number of pyridine rings is 1. The van der Waals surface area contributed by atoms with Gasteiger partial charge in [0.15, 0.2) is 5.82 Å². The Labute approximate surface area is 219 Å². The summed E-state index contributed by atoms with van der Waals surface area (Å²) in [6, 6.07) is 5.62. The van der Waals surface area contributed by atoms with Crippen molar-refractivity contribution in [3.05, 3.63) is 59.4 Å². The molecule has 1 aliphatic heterocycles. The first-order valence-electron chi connectivity index (χ1n) is 13.1. The molecule has 1 amide bonds. The van der Waals surface area contributed by atoms with Crippen molar-refractivity contribution >= 4 is 23.1 Å². The van der Waals surface area contributed by atoms with E-state index in [1.165, 1.54) is 30.0 Å². The van der Waals surface area contributed by atoms with Gasteiger partial charge in [-0.15, -0.1) is 0 Å². The summed E-state index contributed by atoms with van der Waals surface area (Å²) in [5.41, 5.74) is 1.23. The van der Waals surface area contributed by atoms with Gasteiger partial charge in [0.25, 0.3) is 5.91 Å². The predicted octanol–water partition coefficient (Wildman–Crippen LogP) is 4.81. The van der Waals surface area contributed by atoms with Gasteiger partial charge in [-0.2, -0.15) is 5.10 Å². The Morgan fingerprint density at radius 1 is 1.13 bits per heavy atom. The van der Waals surface area contributed by atoms with E-state index in [4.69, 9.17) is 9.47 Å². The van der Waals surface area contributed by atoms with Crippen molar-refractivity contribution in [2.45, 2.75) is 57.5 Å². The molecule has 10 heteroatoms. The molecule has 0 spiro atoms. The zero-order chi connectivity index (χ0) is 26.8. The molecule has 1 aliphatic carbocycles. The molecule has 1 N–H and O–H groups in total. The van der Waals surface area contributed by atoms with Gasteiger partial charge in [0.2, 0.25) is 0 Å². The summed E-state index contributed by atoms with van der Waals surface area (Å²) in [6.07, 6.45) is 7.09. The number of fused-ring (bicyclic) bond motifs is 1. The third-order valence-electron chi connectivity index (χ3n) is 7.64. The Hall–Kier alpha value is -3.69. The number of rotatable bonds is 7. The number of carbonyl (C=O) groups is 2. The van der Waals surface area contributed by atoms with Crippen LogP contribution in [0.5, 0.6) is 5.75 Å². The second-order valence-corrected chi connectivity index (χ2v) is 9.88. The van der Waals surface area contributed by atoms with E-state index in [1.54, 1.807) is 25.3 Å². The molecule has 1 atom stereocenters. The van der Waals surface area contributed by atoms with Gasteiger partial charge in [-0.05, 0) is 69.7 Å². The maximum absolute atomic E-state index is 16.1. The highest BCUT2D eigenvalue weighted by Crippen LogP contribution is 2.41. The van der Waals surface area contributed by atoms with E-state index in [1.807, 2.05) is 4.90 Å². The fourth-order valence-electron chi connectivity index (χ4n) is 5.76. The Morgan fingerprint density at radius 3 is 2.66 bits per heavy atom. The van der Waals surface area contributed by atoms with Gasteiger partial charge in [0.1, 0.15) is 17.1 Å². The summed E-state index contributed by atoms with van der Waals surface area (Å²) in [5.74, 6) is -1.12. The summed E-state index contributed by atoms with van der Waals surface area (Å²) in [7, 11) is 1.53. The lowest BCUT2D eigenvalue weighted by molar-refractivity contribution is -0.149. The number of carbonyl (C=O) groups excluding carboxylic acids is 2. The van der Waals surface area contributed by atoms with Gasteiger partial charge in [-0.25, -0.2) is 13.3 Å². The number of esters is 1. The highest BCUT2D eigenvalue weighted by molar-refractivity contribution is 6.01. The molecule has 8 nitrogen and oxygen atoms in total. The fraction of sp³-hybridized carbons (Fsp3) is 0.464. The summed E-state index contributed by atoms with van der Waals surface area (Å²) in [4.78, 5) is 27.1. The van der Waals surface area contributed by atoms with Gasteiger partial charge in [0, 0.05) is 24.3 Å². The van der Waals surface area contributed by atoms with Crippen molar-refractivity contribution in [3.63, 3.8) is 0 Å². The predicted molar refractivity (Wildman–Crippen MR) is 137 cm³/mol. The molecular weight excluding hydrogens is 494 g/mol. The smallest absolute Gasteiger partial charge is 0.308 e. The average molecular weight is 527 g/mol. The van der Waals surface area contributed by atoms with E-state index in [-0.39, 0.29) is 40.9 Å². The minimum Gasteiger partial charge on any atom is -0.496 e. The maximum atomic E-state index is 16.1. The SMILES string of the molecule is CCOC(=O)C1CCC(NC(=O)c2cnn3ccc(N4CCCC4c4cc(F)ccc4OC)c(F)c23)CC1. The highest BCUT2D eigenvalue weighted by Gasteiger charge is 2.33. The summed E-state index contributed by atoms with van der Waals surface area (Å²) in [5, 5.41) is 7.19. The number of nitrogens with one attached hydrogen (secondary N) is 1. The van der Waals surface area contributed by atoms with Gasteiger partial charge in [-0.1, -0.05) is 0 Å². The van der Waals surface area contributed by atoms with E-state index in [0.29, 0.717) is 62.3 Å². The molecule has 1 saturated carbocycles. The van der Waals surface area contributed by atoms with Crippen LogP contribution >= 0.6 is 0 Å². The third-order valence-corrected chi connectivity index (χ3v) is 7.64. The molecular formula is C28H32F2N4O4. The van der Waals surface area contributed by atoms with Gasteiger partial charge < -0.3 is 19.7 Å². The third kappa shape index (κ3) is 4.91. The van der Waals surface area contributed by atoms with Crippen LogP contribution in [0.2, 0.25) is 0 Å². The molecule has 3 heterocycles. The summed E-state index contributed by atoms with van der Waals surface area (Å²) in [6.45, 7) is 2.72. The van der Waals surface area contributed by atoms with Crippen molar-refractivity contribution in [2.75, 3.05) is 25.2 Å². The van der Waals surface area contributed by atoms with Crippen LogP contribution in [0.3, 0.4) is 0 Å². The molecule has 1 aromatic carbocycles. The lowest BCUT2D eigenvalue weighted by atomic mass is 9.86. The van der Waals surface area contributed by atoms with Crippen molar-refractivity contribution in [3.8, 4) is 5.75 Å². The lowest BCUT2D eigenvalue weighted by Gasteiger charge is -2.29. The number of ether oxygens (including phenoxy) is 2. The normalized spacial score (nSPS) is 21.5. The number of aromatic nitrogens is 2. The summed E-state index contributed by atoms with van der Waals surface area (Å²) < 4.78 is 42.1. The number of hydrogen-bond acceptors (Lipinski definition) is 6. The van der Waals surface area contributed by atoms with Crippen LogP contribution in [-0.2, 0) is 9.53 Å². The zero-order valence-electron chi connectivity index (χ0n) is 21.6. The van der Waals surface area contributed by atoms with Gasteiger partial charge in [-0.3, -0.25) is 9.59 Å². The second kappa shape index (κ2) is 11.0. The number of anilines is 1. The standard InChI is InChI=1S/C28H32F2N4O4/c1-3-38-28(36)17-6-9-19(10-7-17)32-27(35)21-16-31-34-14-12-23(25(30)26(21)34)33-13-4-5-22(33)20-15-18(29)8-11-24(20)37-2/h8,11-12,14-17,19,22H,3-7,9-10,13H2,1-2H3,(H,32,35). The zero-order valence-corrected chi connectivity index (χ0v) is 21.6. The van der Waals surface area contributed by atoms with E-state index in [9.17, 15) is 14.0 Å². The molecule has 2 aliphatic rings. The van der Waals surface area contributed by atoms with Crippen LogP contribution < -0.4 is 15.0 Å². The average Bonchev–Trinajstić information content (AvgIpc) is 3.57. The largest absolute Gasteiger partial charge is 0.496 e. The molecule has 1 saturated heterocycles. The molecule has 2 aromatic heterocycles. The highest BCUT2D eigenvalue weighted by atomic mass is 19.1. The van der Waals surface area contributed by atoms with Gasteiger partial charge in [0.05, 0.1) is 43.1 Å². The van der Waals surface area contributed by atoms with Crippen molar-refractivity contribution in [1.29, 1.82) is 0 Å². The quantitative estimate of drug-likeness (QED) is 0.445. The molecule has 38 heavy (non-hydrogen) atoms. The van der Waals surface area contributed by atoms with Crippen LogP contribution in [0.15, 0.2) is 36.7 Å². The first-order valence-corrected chi connectivity index (χ1v) is 13.1. The minimum absolute atomic E-state index is 0.0945. The topological polar surface area (TPSA) is 85.2 Å². The Morgan fingerprint density at radius 2 is 1.92 bits per heavy atom. The molecule has 0 radical (unpaired) electrons. The van der Waals surface area contributed by atoms with Crippen LogP contribution in [0.25, 0.3) is 5.52 Å². The number of halogens is 2. The second-order valence-electron chi connectivity index (χ2n) is 9.88. The monoisotopic (exact) mass is 526 g/mol. The Bertz CT molecular complexity index is 1340. The number of benzene rings is 1. The number of methoxy groups -OCH3 is 1.